The molecule has 2 atom stereocenters. The summed E-state index contributed by atoms with van der Waals surface area (Å²) in [5, 5.41) is 2.87. The van der Waals surface area contributed by atoms with Crippen LogP contribution in [-0.4, -0.2) is 40.8 Å². The molecule has 0 saturated carbocycles. The van der Waals surface area contributed by atoms with Gasteiger partial charge in [-0.2, -0.15) is 0 Å². The fraction of sp³-hybridized carbons (Fsp3) is 0.350. The van der Waals surface area contributed by atoms with E-state index in [2.05, 4.69) is 5.32 Å². The van der Waals surface area contributed by atoms with Crippen molar-refractivity contribution in [1.29, 1.82) is 0 Å². The van der Waals surface area contributed by atoms with Gasteiger partial charge in [0, 0.05) is 0 Å². The van der Waals surface area contributed by atoms with Gasteiger partial charge in [-0.1, -0.05) is 24.3 Å². The molecule has 7 nitrogen and oxygen atoms in total. The molecule has 0 aromatic heterocycles. The zero-order valence-corrected chi connectivity index (χ0v) is 17.5. The fourth-order valence-electron chi connectivity index (χ4n) is 2.92. The van der Waals surface area contributed by atoms with E-state index in [0.717, 1.165) is 16.1 Å². The SMILES string of the molecule is COc1ccc([C@@H](C)NC(=O)[C@@H](C)N(c2ccccc2)S(C)(=O)=O)cc1OC. The first-order chi connectivity index (χ1) is 13.2. The molecular weight excluding hydrogens is 380 g/mol. The van der Waals surface area contributed by atoms with Crippen LogP contribution in [0.25, 0.3) is 0 Å². The molecule has 0 spiro atoms. The molecule has 0 aliphatic carbocycles. The Morgan fingerprint density at radius 3 is 2.14 bits per heavy atom. The largest absolute Gasteiger partial charge is 0.493 e. The minimum Gasteiger partial charge on any atom is -0.493 e. The molecular formula is C20H26N2O5S. The van der Waals surface area contributed by atoms with Gasteiger partial charge in [-0.25, -0.2) is 8.42 Å². The van der Waals surface area contributed by atoms with Gasteiger partial charge < -0.3 is 14.8 Å². The predicted molar refractivity (Wildman–Crippen MR) is 109 cm³/mol. The molecule has 0 radical (unpaired) electrons. The maximum Gasteiger partial charge on any atom is 0.244 e. The van der Waals surface area contributed by atoms with Crippen molar-refractivity contribution in [3.63, 3.8) is 0 Å². The Kier molecular flexibility index (Phi) is 6.90. The first kappa shape index (κ1) is 21.6. The molecule has 1 amide bonds. The Balaban J connectivity index is 2.22. The molecule has 0 unspecified atom stereocenters. The number of anilines is 1. The normalized spacial score (nSPS) is 13.3. The smallest absolute Gasteiger partial charge is 0.244 e. The highest BCUT2D eigenvalue weighted by molar-refractivity contribution is 7.92. The van der Waals surface area contributed by atoms with E-state index in [1.54, 1.807) is 56.5 Å². The van der Waals surface area contributed by atoms with E-state index in [1.165, 1.54) is 7.11 Å². The lowest BCUT2D eigenvalue weighted by molar-refractivity contribution is -0.122. The number of hydrogen-bond acceptors (Lipinski definition) is 5. The van der Waals surface area contributed by atoms with Gasteiger partial charge in [-0.3, -0.25) is 9.10 Å². The second kappa shape index (κ2) is 8.97. The number of carbonyl (C=O) groups excluding carboxylic acids is 1. The molecule has 28 heavy (non-hydrogen) atoms. The van der Waals surface area contributed by atoms with Gasteiger partial charge in [0.25, 0.3) is 0 Å². The van der Waals surface area contributed by atoms with E-state index in [-0.39, 0.29) is 6.04 Å². The molecule has 2 aromatic rings. The maximum atomic E-state index is 12.8. The van der Waals surface area contributed by atoms with E-state index in [4.69, 9.17) is 9.47 Å². The highest BCUT2D eigenvalue weighted by atomic mass is 32.2. The number of benzene rings is 2. The van der Waals surface area contributed by atoms with Crippen LogP contribution in [-0.2, 0) is 14.8 Å². The molecule has 0 aliphatic heterocycles. The van der Waals surface area contributed by atoms with Crippen molar-refractivity contribution >= 4 is 21.6 Å². The van der Waals surface area contributed by atoms with Crippen molar-refractivity contribution < 1.29 is 22.7 Å². The number of rotatable bonds is 8. The Bertz CT molecular complexity index is 915. The molecule has 0 bridgehead atoms. The lowest BCUT2D eigenvalue weighted by Gasteiger charge is -2.29. The number of hydrogen-bond donors (Lipinski definition) is 1. The van der Waals surface area contributed by atoms with Crippen LogP contribution < -0.4 is 19.1 Å². The van der Waals surface area contributed by atoms with Crippen LogP contribution in [0.2, 0.25) is 0 Å². The summed E-state index contributed by atoms with van der Waals surface area (Å²) in [5.74, 6) is 0.734. The Morgan fingerprint density at radius 1 is 1.00 bits per heavy atom. The average molecular weight is 407 g/mol. The number of methoxy groups -OCH3 is 2. The summed E-state index contributed by atoms with van der Waals surface area (Å²) in [7, 11) is -0.558. The van der Waals surface area contributed by atoms with E-state index in [9.17, 15) is 13.2 Å². The Hall–Kier alpha value is -2.74. The standard InChI is InChI=1S/C20H26N2O5S/c1-14(16-11-12-18(26-3)19(13-16)27-4)21-20(23)15(2)22(28(5,24)25)17-9-7-6-8-10-17/h6-15H,1-5H3,(H,21,23)/t14-,15-/m1/s1. The third-order valence-electron chi connectivity index (χ3n) is 4.37. The Labute approximate surface area is 166 Å². The molecule has 1 N–H and O–H groups in total. The second-order valence-corrected chi connectivity index (χ2v) is 8.27. The van der Waals surface area contributed by atoms with Crippen LogP contribution in [0.3, 0.4) is 0 Å². The van der Waals surface area contributed by atoms with Gasteiger partial charge in [-0.05, 0) is 43.7 Å². The van der Waals surface area contributed by atoms with Gasteiger partial charge in [0.05, 0.1) is 32.2 Å². The number of para-hydroxylation sites is 1. The van der Waals surface area contributed by atoms with Crippen LogP contribution >= 0.6 is 0 Å². The number of sulfonamides is 1. The van der Waals surface area contributed by atoms with Crippen molar-refractivity contribution in [2.75, 3.05) is 24.8 Å². The van der Waals surface area contributed by atoms with E-state index >= 15 is 0 Å². The third kappa shape index (κ3) is 4.95. The zero-order chi connectivity index (χ0) is 20.9. The van der Waals surface area contributed by atoms with Gasteiger partial charge in [0.1, 0.15) is 6.04 Å². The van der Waals surface area contributed by atoms with E-state index < -0.39 is 22.0 Å². The monoisotopic (exact) mass is 406 g/mol. The number of carbonyl (C=O) groups is 1. The third-order valence-corrected chi connectivity index (χ3v) is 5.61. The van der Waals surface area contributed by atoms with Crippen LogP contribution in [0.4, 0.5) is 5.69 Å². The van der Waals surface area contributed by atoms with Crippen molar-refractivity contribution in [2.45, 2.75) is 25.9 Å². The molecule has 8 heteroatoms. The number of amides is 1. The van der Waals surface area contributed by atoms with Gasteiger partial charge in [-0.15, -0.1) is 0 Å². The molecule has 2 rings (SSSR count). The minimum atomic E-state index is -3.65. The van der Waals surface area contributed by atoms with Crippen molar-refractivity contribution in [3.05, 3.63) is 54.1 Å². The van der Waals surface area contributed by atoms with Crippen LogP contribution in [0.1, 0.15) is 25.5 Å². The van der Waals surface area contributed by atoms with E-state index in [0.29, 0.717) is 17.2 Å². The van der Waals surface area contributed by atoms with Crippen LogP contribution in [0.15, 0.2) is 48.5 Å². The highest BCUT2D eigenvalue weighted by Crippen LogP contribution is 2.30. The van der Waals surface area contributed by atoms with Crippen molar-refractivity contribution in [1.82, 2.24) is 5.32 Å². The number of nitrogens with zero attached hydrogens (tertiary/aromatic N) is 1. The van der Waals surface area contributed by atoms with Gasteiger partial charge >= 0.3 is 0 Å². The van der Waals surface area contributed by atoms with Crippen molar-refractivity contribution in [2.24, 2.45) is 0 Å². The summed E-state index contributed by atoms with van der Waals surface area (Å²) in [5.41, 5.74) is 1.25. The average Bonchev–Trinajstić information content (AvgIpc) is 2.67. The predicted octanol–water partition coefficient (Wildman–Crippen LogP) is 2.74. The molecule has 0 aliphatic rings. The molecule has 2 aromatic carbocycles. The molecule has 0 fully saturated rings. The Morgan fingerprint density at radius 2 is 1.61 bits per heavy atom. The quantitative estimate of drug-likeness (QED) is 0.729. The van der Waals surface area contributed by atoms with Gasteiger partial charge in [0.15, 0.2) is 11.5 Å². The van der Waals surface area contributed by atoms with Crippen molar-refractivity contribution in [3.8, 4) is 11.5 Å². The highest BCUT2D eigenvalue weighted by Gasteiger charge is 2.29. The lowest BCUT2D eigenvalue weighted by atomic mass is 10.1. The maximum absolute atomic E-state index is 12.8. The molecule has 152 valence electrons. The first-order valence-electron chi connectivity index (χ1n) is 8.75. The second-order valence-electron chi connectivity index (χ2n) is 6.42. The van der Waals surface area contributed by atoms with E-state index in [1.807, 2.05) is 13.0 Å². The summed E-state index contributed by atoms with van der Waals surface area (Å²) in [6, 6.07) is 12.6. The molecule has 0 saturated heterocycles. The topological polar surface area (TPSA) is 84.9 Å². The zero-order valence-electron chi connectivity index (χ0n) is 16.7. The summed E-state index contributed by atoms with van der Waals surface area (Å²) in [6.07, 6.45) is 1.08. The molecule has 0 heterocycles. The number of ether oxygens (including phenoxy) is 2. The summed E-state index contributed by atoms with van der Waals surface area (Å²) >= 11 is 0. The first-order valence-corrected chi connectivity index (χ1v) is 10.6. The fourth-order valence-corrected chi connectivity index (χ4v) is 4.10. The van der Waals surface area contributed by atoms with Crippen LogP contribution in [0.5, 0.6) is 11.5 Å². The minimum absolute atomic E-state index is 0.355. The lowest BCUT2D eigenvalue weighted by Crippen LogP contribution is -2.48. The summed E-state index contributed by atoms with van der Waals surface area (Å²) in [4.78, 5) is 12.8. The number of nitrogens with one attached hydrogen (secondary N) is 1. The summed E-state index contributed by atoms with van der Waals surface area (Å²) in [6.45, 7) is 3.38. The summed E-state index contributed by atoms with van der Waals surface area (Å²) < 4.78 is 36.2. The van der Waals surface area contributed by atoms with Gasteiger partial charge in [0.2, 0.25) is 15.9 Å². The van der Waals surface area contributed by atoms with Crippen LogP contribution in [0, 0.1) is 0 Å².